The van der Waals surface area contributed by atoms with Crippen molar-refractivity contribution in [1.82, 2.24) is 10.2 Å². The summed E-state index contributed by atoms with van der Waals surface area (Å²) in [6.07, 6.45) is 0. The maximum atomic E-state index is 13.9. The van der Waals surface area contributed by atoms with Crippen LogP contribution < -0.4 is 19.1 Å². The molecule has 2 amide bonds. The molecule has 0 saturated carbocycles. The normalized spacial score (nSPS) is 11.8. The van der Waals surface area contributed by atoms with Crippen LogP contribution in [-0.2, 0) is 26.2 Å². The van der Waals surface area contributed by atoms with Crippen LogP contribution >= 0.6 is 11.6 Å². The first-order chi connectivity index (χ1) is 18.1. The lowest BCUT2D eigenvalue weighted by Gasteiger charge is -2.32. The van der Waals surface area contributed by atoms with Crippen molar-refractivity contribution in [1.29, 1.82) is 0 Å². The first-order valence-electron chi connectivity index (χ1n) is 11.7. The number of likely N-dealkylation sites (N-methyl/N-ethyl adjacent to an activating group) is 1. The van der Waals surface area contributed by atoms with Crippen molar-refractivity contribution < 1.29 is 27.5 Å². The van der Waals surface area contributed by atoms with Crippen molar-refractivity contribution in [3.63, 3.8) is 0 Å². The highest BCUT2D eigenvalue weighted by molar-refractivity contribution is 7.92. The van der Waals surface area contributed by atoms with E-state index in [1.807, 2.05) is 0 Å². The van der Waals surface area contributed by atoms with Gasteiger partial charge in [0, 0.05) is 24.7 Å². The van der Waals surface area contributed by atoms with E-state index in [4.69, 9.17) is 21.1 Å². The molecule has 3 aromatic carbocycles. The molecule has 0 heterocycles. The number of sulfonamides is 1. The zero-order chi connectivity index (χ0) is 27.9. The summed E-state index contributed by atoms with van der Waals surface area (Å²) in [6.45, 7) is 1.03. The van der Waals surface area contributed by atoms with Crippen molar-refractivity contribution in [2.24, 2.45) is 0 Å². The number of nitrogens with one attached hydrogen (secondary N) is 1. The Morgan fingerprint density at radius 3 is 2.21 bits per heavy atom. The molecule has 0 aliphatic rings. The number of rotatable bonds is 11. The molecule has 1 N–H and O–H groups in total. The quantitative estimate of drug-likeness (QED) is 0.384. The summed E-state index contributed by atoms with van der Waals surface area (Å²) >= 11 is 6.00. The minimum Gasteiger partial charge on any atom is -0.497 e. The van der Waals surface area contributed by atoms with Crippen molar-refractivity contribution >= 4 is 39.1 Å². The molecule has 0 saturated heterocycles. The van der Waals surface area contributed by atoms with Crippen molar-refractivity contribution in [2.75, 3.05) is 32.1 Å². The Balaban J connectivity index is 2.10. The lowest BCUT2D eigenvalue weighted by Crippen LogP contribution is -2.50. The van der Waals surface area contributed by atoms with Crippen LogP contribution in [0.3, 0.4) is 0 Å². The Morgan fingerprint density at radius 2 is 1.63 bits per heavy atom. The lowest BCUT2D eigenvalue weighted by atomic mass is 10.1. The number of hydrogen-bond acceptors (Lipinski definition) is 6. The van der Waals surface area contributed by atoms with Gasteiger partial charge in [0.05, 0.1) is 24.8 Å². The predicted molar refractivity (Wildman–Crippen MR) is 146 cm³/mol. The van der Waals surface area contributed by atoms with Gasteiger partial charge in [-0.1, -0.05) is 41.9 Å². The standard InChI is InChI=1S/C27H30ClN3O6S/c1-19(27(33)29-2)30(17-20-10-12-21(28)13-11-20)26(32)18-31(38(34,35)23-8-6-5-7-9-23)24-16-22(36-3)14-15-25(24)37-4/h5-16,19H,17-18H2,1-4H3,(H,29,33). The molecule has 0 bridgehead atoms. The van der Waals surface area contributed by atoms with E-state index in [1.54, 1.807) is 61.5 Å². The number of anilines is 1. The monoisotopic (exact) mass is 559 g/mol. The minimum atomic E-state index is -4.24. The van der Waals surface area contributed by atoms with Gasteiger partial charge in [0.15, 0.2) is 0 Å². The Labute approximate surface area is 228 Å². The maximum Gasteiger partial charge on any atom is 0.264 e. The number of carbonyl (C=O) groups excluding carboxylic acids is 2. The fourth-order valence-corrected chi connectivity index (χ4v) is 5.37. The zero-order valence-corrected chi connectivity index (χ0v) is 23.1. The zero-order valence-electron chi connectivity index (χ0n) is 21.5. The Bertz CT molecular complexity index is 1370. The van der Waals surface area contributed by atoms with Gasteiger partial charge in [0.1, 0.15) is 24.1 Å². The van der Waals surface area contributed by atoms with Crippen LogP contribution in [-0.4, -0.2) is 59.0 Å². The molecule has 3 rings (SSSR count). The van der Waals surface area contributed by atoms with Gasteiger partial charge < -0.3 is 19.7 Å². The van der Waals surface area contributed by atoms with Crippen LogP contribution in [0.15, 0.2) is 77.7 Å². The Morgan fingerprint density at radius 1 is 0.974 bits per heavy atom. The maximum absolute atomic E-state index is 13.9. The van der Waals surface area contributed by atoms with Gasteiger partial charge in [-0.2, -0.15) is 0 Å². The van der Waals surface area contributed by atoms with E-state index >= 15 is 0 Å². The summed E-state index contributed by atoms with van der Waals surface area (Å²) in [6, 6.07) is 18.4. The van der Waals surface area contributed by atoms with E-state index in [0.29, 0.717) is 10.8 Å². The van der Waals surface area contributed by atoms with E-state index in [1.165, 1.54) is 44.4 Å². The number of ether oxygens (including phenoxy) is 2. The minimum absolute atomic E-state index is 0.0127. The molecule has 3 aromatic rings. The summed E-state index contributed by atoms with van der Waals surface area (Å²) in [5.41, 5.74) is 0.832. The van der Waals surface area contributed by atoms with Crippen molar-refractivity contribution in [3.05, 3.63) is 83.4 Å². The summed E-state index contributed by atoms with van der Waals surface area (Å²) in [5, 5.41) is 3.07. The number of methoxy groups -OCH3 is 2. The second-order valence-corrected chi connectivity index (χ2v) is 10.6. The molecule has 1 atom stereocenters. The van der Waals surface area contributed by atoms with E-state index in [0.717, 1.165) is 9.87 Å². The number of nitrogens with zero attached hydrogens (tertiary/aromatic N) is 2. The molecule has 11 heteroatoms. The average molecular weight is 560 g/mol. The van der Waals surface area contributed by atoms with Crippen LogP contribution in [0.1, 0.15) is 12.5 Å². The topological polar surface area (TPSA) is 105 Å². The fourth-order valence-electron chi connectivity index (χ4n) is 3.80. The number of carbonyl (C=O) groups is 2. The van der Waals surface area contributed by atoms with Crippen LogP contribution in [0.4, 0.5) is 5.69 Å². The molecule has 0 spiro atoms. The largest absolute Gasteiger partial charge is 0.497 e. The molecule has 1 unspecified atom stereocenters. The van der Waals surface area contributed by atoms with Crippen LogP contribution in [0, 0.1) is 0 Å². The molecule has 0 aliphatic heterocycles. The average Bonchev–Trinajstić information content (AvgIpc) is 2.94. The first-order valence-corrected chi connectivity index (χ1v) is 13.5. The van der Waals surface area contributed by atoms with Crippen molar-refractivity contribution in [3.8, 4) is 11.5 Å². The summed E-state index contributed by atoms with van der Waals surface area (Å²) in [7, 11) is 0.0851. The third kappa shape index (κ3) is 6.56. The first kappa shape index (κ1) is 28.8. The van der Waals surface area contributed by atoms with Gasteiger partial charge in [-0.15, -0.1) is 0 Å². The fraction of sp³-hybridized carbons (Fsp3) is 0.259. The van der Waals surface area contributed by atoms with E-state index in [2.05, 4.69) is 5.32 Å². The molecule has 202 valence electrons. The summed E-state index contributed by atoms with van der Waals surface area (Å²) < 4.78 is 39.5. The number of benzene rings is 3. The van der Waals surface area contributed by atoms with Crippen LogP contribution in [0.5, 0.6) is 11.5 Å². The number of amides is 2. The van der Waals surface area contributed by atoms with Gasteiger partial charge in [0.25, 0.3) is 10.0 Å². The van der Waals surface area contributed by atoms with E-state index < -0.39 is 34.4 Å². The van der Waals surface area contributed by atoms with Crippen LogP contribution in [0.2, 0.25) is 5.02 Å². The molecular weight excluding hydrogens is 530 g/mol. The van der Waals surface area contributed by atoms with Gasteiger partial charge in [-0.25, -0.2) is 8.42 Å². The molecule has 0 aliphatic carbocycles. The lowest BCUT2D eigenvalue weighted by molar-refractivity contribution is -0.139. The van der Waals surface area contributed by atoms with Gasteiger partial charge in [-0.05, 0) is 48.9 Å². The molecule has 0 aromatic heterocycles. The van der Waals surface area contributed by atoms with Crippen molar-refractivity contribution in [2.45, 2.75) is 24.4 Å². The highest BCUT2D eigenvalue weighted by atomic mass is 35.5. The molecule has 0 radical (unpaired) electrons. The van der Waals surface area contributed by atoms with Gasteiger partial charge in [0.2, 0.25) is 11.8 Å². The predicted octanol–water partition coefficient (Wildman–Crippen LogP) is 3.72. The van der Waals surface area contributed by atoms with Gasteiger partial charge >= 0.3 is 0 Å². The smallest absolute Gasteiger partial charge is 0.264 e. The highest BCUT2D eigenvalue weighted by Crippen LogP contribution is 2.36. The van der Waals surface area contributed by atoms with E-state index in [-0.39, 0.29) is 22.9 Å². The van der Waals surface area contributed by atoms with Crippen LogP contribution in [0.25, 0.3) is 0 Å². The molecule has 9 nitrogen and oxygen atoms in total. The molecular formula is C27H30ClN3O6S. The molecule has 0 fully saturated rings. The second-order valence-electron chi connectivity index (χ2n) is 8.30. The third-order valence-electron chi connectivity index (χ3n) is 5.94. The third-order valence-corrected chi connectivity index (χ3v) is 7.97. The SMILES string of the molecule is CNC(=O)C(C)N(Cc1ccc(Cl)cc1)C(=O)CN(c1cc(OC)ccc1OC)S(=O)(=O)c1ccccc1. The summed E-state index contributed by atoms with van der Waals surface area (Å²) in [5.74, 6) is -0.399. The number of halogens is 1. The Kier molecular flexibility index (Phi) is 9.60. The second kappa shape index (κ2) is 12.7. The van der Waals surface area contributed by atoms with Gasteiger partial charge in [-0.3, -0.25) is 13.9 Å². The summed E-state index contributed by atoms with van der Waals surface area (Å²) in [4.78, 5) is 27.7. The number of hydrogen-bond donors (Lipinski definition) is 1. The highest BCUT2D eigenvalue weighted by Gasteiger charge is 2.33. The Hall–Kier alpha value is -3.76. The van der Waals surface area contributed by atoms with E-state index in [9.17, 15) is 18.0 Å². The molecule has 38 heavy (non-hydrogen) atoms.